The molecule has 50 valence electrons. The van der Waals surface area contributed by atoms with Gasteiger partial charge in [-0.2, -0.15) is 0 Å². The van der Waals surface area contributed by atoms with E-state index in [1.165, 1.54) is 0 Å². The van der Waals surface area contributed by atoms with Gasteiger partial charge in [0.15, 0.2) is 0 Å². The lowest BCUT2D eigenvalue weighted by Crippen LogP contribution is -2.07. The zero-order valence-corrected chi connectivity index (χ0v) is 4.89. The molecule has 1 aliphatic carbocycles. The van der Waals surface area contributed by atoms with Crippen molar-refractivity contribution in [1.29, 1.82) is 0 Å². The van der Waals surface area contributed by atoms with Crippen molar-refractivity contribution in [2.24, 2.45) is 5.92 Å². The van der Waals surface area contributed by atoms with E-state index in [1.54, 1.807) is 0 Å². The average molecular weight is 130 g/mol. The van der Waals surface area contributed by atoms with Gasteiger partial charge in [-0.1, -0.05) is 0 Å². The van der Waals surface area contributed by atoms with E-state index < -0.39 is 12.6 Å². The zero-order chi connectivity index (χ0) is 6.85. The molecule has 0 aromatic heterocycles. The Balaban J connectivity index is 2.58. The molecule has 1 fully saturated rings. The Labute approximate surface area is 52.0 Å². The van der Waals surface area contributed by atoms with Crippen LogP contribution < -0.4 is 0 Å². The van der Waals surface area contributed by atoms with Crippen molar-refractivity contribution in [2.75, 3.05) is 6.67 Å². The van der Waals surface area contributed by atoms with E-state index in [0.717, 1.165) is 0 Å². The third kappa shape index (κ3) is 1.15. The molecule has 0 N–H and O–H groups in total. The maximum Gasteiger partial charge on any atom is 0.146 e. The first kappa shape index (κ1) is 6.39. The van der Waals surface area contributed by atoms with Crippen LogP contribution in [-0.2, 0) is 9.59 Å². The van der Waals surface area contributed by atoms with E-state index >= 15 is 0 Å². The summed E-state index contributed by atoms with van der Waals surface area (Å²) in [6.07, 6.45) is 0.0733. The van der Waals surface area contributed by atoms with E-state index in [4.69, 9.17) is 0 Å². The number of Topliss-reactive ketones (excluding diaryl/α,β-unsaturated/α-hetero) is 2. The molecular formula is C6H7FO2. The molecule has 1 aliphatic rings. The molecule has 3 heteroatoms. The predicted octanol–water partition coefficient (Wildman–Crippen LogP) is 0.504. The van der Waals surface area contributed by atoms with Gasteiger partial charge in [0.1, 0.15) is 11.6 Å². The van der Waals surface area contributed by atoms with Crippen LogP contribution in [0.25, 0.3) is 0 Å². The van der Waals surface area contributed by atoms with Crippen LogP contribution in [0.3, 0.4) is 0 Å². The topological polar surface area (TPSA) is 34.1 Å². The lowest BCUT2D eigenvalue weighted by Gasteiger charge is -1.94. The molecule has 1 rings (SSSR count). The van der Waals surface area contributed by atoms with Crippen LogP contribution in [0.2, 0.25) is 0 Å². The normalized spacial score (nSPS) is 27.4. The number of ketones is 2. The van der Waals surface area contributed by atoms with Crippen molar-refractivity contribution in [2.45, 2.75) is 12.8 Å². The molecule has 0 saturated heterocycles. The Bertz CT molecular complexity index is 153. The van der Waals surface area contributed by atoms with Crippen molar-refractivity contribution >= 4 is 11.6 Å². The molecule has 1 atom stereocenters. The maximum atomic E-state index is 11.7. The largest absolute Gasteiger partial charge is 0.299 e. The van der Waals surface area contributed by atoms with Crippen molar-refractivity contribution in [3.05, 3.63) is 0 Å². The van der Waals surface area contributed by atoms with Crippen LogP contribution in [0.5, 0.6) is 0 Å². The van der Waals surface area contributed by atoms with Crippen LogP contribution in [0.15, 0.2) is 0 Å². The number of carbonyl (C=O) groups is 2. The lowest BCUT2D eigenvalue weighted by atomic mass is 10.1. The average Bonchev–Trinajstić information content (AvgIpc) is 2.10. The number of carbonyl (C=O) groups excluding carboxylic acids is 2. The summed E-state index contributed by atoms with van der Waals surface area (Å²) < 4.78 is 11.7. The van der Waals surface area contributed by atoms with Gasteiger partial charge >= 0.3 is 0 Å². The van der Waals surface area contributed by atoms with Gasteiger partial charge < -0.3 is 0 Å². The lowest BCUT2D eigenvalue weighted by molar-refractivity contribution is -0.122. The highest BCUT2D eigenvalue weighted by Gasteiger charge is 2.30. The van der Waals surface area contributed by atoms with Crippen LogP contribution in [0.4, 0.5) is 4.39 Å². The zero-order valence-electron chi connectivity index (χ0n) is 4.89. The van der Waals surface area contributed by atoms with Gasteiger partial charge in [-0.05, 0) is 0 Å². The molecular weight excluding hydrogens is 123 g/mol. The van der Waals surface area contributed by atoms with Crippen molar-refractivity contribution < 1.29 is 14.0 Å². The van der Waals surface area contributed by atoms with Crippen molar-refractivity contribution in [1.82, 2.24) is 0 Å². The number of hydrogen-bond donors (Lipinski definition) is 0. The first-order valence-electron chi connectivity index (χ1n) is 2.84. The highest BCUT2D eigenvalue weighted by atomic mass is 19.1. The number of halogens is 1. The monoisotopic (exact) mass is 130 g/mol. The van der Waals surface area contributed by atoms with E-state index in [-0.39, 0.29) is 24.4 Å². The van der Waals surface area contributed by atoms with E-state index in [9.17, 15) is 14.0 Å². The molecule has 0 spiro atoms. The van der Waals surface area contributed by atoms with Gasteiger partial charge in [-0.3, -0.25) is 14.0 Å². The van der Waals surface area contributed by atoms with E-state index in [2.05, 4.69) is 0 Å². The second kappa shape index (κ2) is 2.25. The molecule has 0 aliphatic heterocycles. The molecule has 9 heavy (non-hydrogen) atoms. The van der Waals surface area contributed by atoms with Crippen LogP contribution in [-0.4, -0.2) is 18.2 Å². The highest BCUT2D eigenvalue weighted by Crippen LogP contribution is 2.17. The Kier molecular flexibility index (Phi) is 1.60. The number of rotatable bonds is 1. The fraction of sp³-hybridized carbons (Fsp3) is 0.667. The second-order valence-corrected chi connectivity index (χ2v) is 2.24. The summed E-state index contributed by atoms with van der Waals surface area (Å²) in [5.41, 5.74) is 0. The quantitative estimate of drug-likeness (QED) is 0.484. The van der Waals surface area contributed by atoms with E-state index in [0.29, 0.717) is 0 Å². The maximum absolute atomic E-state index is 11.7. The van der Waals surface area contributed by atoms with Crippen LogP contribution in [0, 0.1) is 5.92 Å². The molecule has 0 heterocycles. The smallest absolute Gasteiger partial charge is 0.146 e. The fourth-order valence-corrected chi connectivity index (χ4v) is 0.940. The Hall–Kier alpha value is -0.730. The summed E-state index contributed by atoms with van der Waals surface area (Å²) >= 11 is 0. The molecule has 0 aromatic carbocycles. The van der Waals surface area contributed by atoms with Gasteiger partial charge in [0.25, 0.3) is 0 Å². The van der Waals surface area contributed by atoms with Gasteiger partial charge in [0.05, 0.1) is 19.0 Å². The predicted molar refractivity (Wildman–Crippen MR) is 28.7 cm³/mol. The summed E-state index contributed by atoms with van der Waals surface area (Å²) in [6.45, 7) is -0.676. The second-order valence-electron chi connectivity index (χ2n) is 2.24. The first-order valence-corrected chi connectivity index (χ1v) is 2.84. The third-order valence-electron chi connectivity index (χ3n) is 1.49. The van der Waals surface area contributed by atoms with Crippen molar-refractivity contribution in [3.8, 4) is 0 Å². The Morgan fingerprint density at radius 1 is 1.56 bits per heavy atom. The van der Waals surface area contributed by atoms with Crippen molar-refractivity contribution in [3.63, 3.8) is 0 Å². The van der Waals surface area contributed by atoms with Gasteiger partial charge in [0, 0.05) is 6.42 Å². The summed E-state index contributed by atoms with van der Waals surface area (Å²) in [5.74, 6) is -0.970. The van der Waals surface area contributed by atoms with Gasteiger partial charge in [0.2, 0.25) is 0 Å². The molecule has 0 amide bonds. The standard InChI is InChI=1S/C6H7FO2/c7-3-4-1-5(8)2-6(4)9/h4H,1-3H2. The molecule has 2 nitrogen and oxygen atoms in total. The number of alkyl halides is 1. The molecule has 0 radical (unpaired) electrons. The summed E-state index contributed by atoms with van der Waals surface area (Å²) in [5, 5.41) is 0. The SMILES string of the molecule is O=C1CC(=O)C(CF)C1. The summed E-state index contributed by atoms with van der Waals surface area (Å²) in [4.78, 5) is 21.0. The minimum absolute atomic E-state index is 0.0470. The third-order valence-corrected chi connectivity index (χ3v) is 1.49. The fourth-order valence-electron chi connectivity index (χ4n) is 0.940. The highest BCUT2D eigenvalue weighted by molar-refractivity contribution is 6.07. The minimum Gasteiger partial charge on any atom is -0.299 e. The van der Waals surface area contributed by atoms with Gasteiger partial charge in [-0.25, -0.2) is 0 Å². The number of hydrogen-bond acceptors (Lipinski definition) is 2. The van der Waals surface area contributed by atoms with Crippen LogP contribution >= 0.6 is 0 Å². The summed E-state index contributed by atoms with van der Waals surface area (Å²) in [6, 6.07) is 0. The minimum atomic E-state index is -0.676. The Morgan fingerprint density at radius 2 is 2.22 bits per heavy atom. The molecule has 1 unspecified atom stereocenters. The van der Waals surface area contributed by atoms with Crippen LogP contribution in [0.1, 0.15) is 12.8 Å². The van der Waals surface area contributed by atoms with Gasteiger partial charge in [-0.15, -0.1) is 0 Å². The first-order chi connectivity index (χ1) is 4.24. The molecule has 0 aromatic rings. The Morgan fingerprint density at radius 3 is 2.44 bits per heavy atom. The van der Waals surface area contributed by atoms with E-state index in [1.807, 2.05) is 0 Å². The summed E-state index contributed by atoms with van der Waals surface area (Å²) in [7, 11) is 0. The molecule has 1 saturated carbocycles. The molecule has 0 bridgehead atoms.